The molecule has 1 fully saturated rings. The molecule has 2 atom stereocenters. The topological polar surface area (TPSA) is 105 Å². The lowest BCUT2D eigenvalue weighted by molar-refractivity contribution is -0.123. The Balaban J connectivity index is 1.33. The van der Waals surface area contributed by atoms with Gasteiger partial charge in [0.15, 0.2) is 18.1 Å². The molecule has 2 aromatic carbocycles. The van der Waals surface area contributed by atoms with E-state index in [1.807, 2.05) is 67.7 Å². The Morgan fingerprint density at radius 1 is 1.00 bits per heavy atom. The van der Waals surface area contributed by atoms with E-state index in [1.165, 1.54) is 0 Å². The summed E-state index contributed by atoms with van der Waals surface area (Å²) in [6.07, 6.45) is 2.53. The molecule has 2 amide bonds. The molecular formula is C31H37N5O5. The van der Waals surface area contributed by atoms with Crippen LogP contribution in [0.4, 0.5) is 5.82 Å². The van der Waals surface area contributed by atoms with Gasteiger partial charge in [0.05, 0.1) is 13.2 Å². The number of aryl methyl sites for hydroxylation is 1. The molecule has 0 spiro atoms. The second kappa shape index (κ2) is 12.9. The second-order valence-electron chi connectivity index (χ2n) is 10.6. The van der Waals surface area contributed by atoms with Gasteiger partial charge in [0, 0.05) is 52.9 Å². The predicted octanol–water partition coefficient (Wildman–Crippen LogP) is 2.55. The number of likely N-dealkylation sites (tertiary alicyclic amines) is 1. The number of ether oxygens (including phenoxy) is 3. The highest BCUT2D eigenvalue weighted by atomic mass is 16.5. The fraction of sp³-hybridized carbons (Fsp3) is 0.387. The molecule has 6 heterocycles. The lowest BCUT2D eigenvalue weighted by Crippen LogP contribution is -2.45. The van der Waals surface area contributed by atoms with Crippen molar-refractivity contribution < 1.29 is 23.8 Å². The molecule has 10 nitrogen and oxygen atoms in total. The van der Waals surface area contributed by atoms with Gasteiger partial charge in [-0.25, -0.2) is 4.98 Å². The van der Waals surface area contributed by atoms with Crippen LogP contribution < -0.4 is 29.7 Å². The number of aromatic nitrogens is 1. The SMILES string of the molecule is COc1cc2ccc1OCC(=O)NCc1ccc(cc1)O[C@H]1CN(Cc3ccc(N(C)C)nc3)C[C@@H]1NC(=O)CC2. The molecule has 0 aliphatic carbocycles. The number of methoxy groups -OCH3 is 1. The summed E-state index contributed by atoms with van der Waals surface area (Å²) in [7, 11) is 5.49. The van der Waals surface area contributed by atoms with Crippen LogP contribution in [-0.2, 0) is 29.1 Å². The number of hydrogen-bond acceptors (Lipinski definition) is 8. The molecule has 10 heteroatoms. The maximum absolute atomic E-state index is 13.1. The molecule has 41 heavy (non-hydrogen) atoms. The van der Waals surface area contributed by atoms with Crippen LogP contribution in [-0.4, -0.2) is 74.7 Å². The van der Waals surface area contributed by atoms with E-state index in [0.29, 0.717) is 56.3 Å². The van der Waals surface area contributed by atoms with Crippen molar-refractivity contribution in [1.29, 1.82) is 0 Å². The van der Waals surface area contributed by atoms with E-state index in [1.54, 1.807) is 13.2 Å². The van der Waals surface area contributed by atoms with E-state index in [4.69, 9.17) is 14.2 Å². The molecule has 2 N–H and O–H groups in total. The van der Waals surface area contributed by atoms with Crippen LogP contribution >= 0.6 is 0 Å². The molecule has 5 aliphatic rings. The maximum Gasteiger partial charge on any atom is 0.258 e. The van der Waals surface area contributed by atoms with E-state index in [-0.39, 0.29) is 30.6 Å². The summed E-state index contributed by atoms with van der Waals surface area (Å²) in [5.41, 5.74) is 2.98. The quantitative estimate of drug-likeness (QED) is 0.503. The van der Waals surface area contributed by atoms with E-state index in [2.05, 4.69) is 26.6 Å². The van der Waals surface area contributed by atoms with Crippen LogP contribution in [0.25, 0.3) is 0 Å². The highest BCUT2D eigenvalue weighted by molar-refractivity contribution is 5.78. The van der Waals surface area contributed by atoms with Gasteiger partial charge in [0.1, 0.15) is 17.7 Å². The Morgan fingerprint density at radius 3 is 2.54 bits per heavy atom. The molecule has 8 rings (SSSR count). The van der Waals surface area contributed by atoms with Gasteiger partial charge in [-0.15, -0.1) is 0 Å². The zero-order valence-corrected chi connectivity index (χ0v) is 23.8. The molecule has 5 aliphatic heterocycles. The summed E-state index contributed by atoms with van der Waals surface area (Å²) < 4.78 is 17.6. The zero-order valence-electron chi connectivity index (χ0n) is 23.8. The highest BCUT2D eigenvalue weighted by Gasteiger charge is 2.35. The summed E-state index contributed by atoms with van der Waals surface area (Å²) >= 11 is 0. The monoisotopic (exact) mass is 559 g/mol. The Kier molecular flexibility index (Phi) is 8.88. The summed E-state index contributed by atoms with van der Waals surface area (Å²) in [4.78, 5) is 34.3. The summed E-state index contributed by atoms with van der Waals surface area (Å²) in [6.45, 7) is 2.27. The molecular weight excluding hydrogens is 522 g/mol. The lowest BCUT2D eigenvalue weighted by atomic mass is 10.1. The van der Waals surface area contributed by atoms with Crippen molar-refractivity contribution in [3.05, 3.63) is 77.5 Å². The smallest absolute Gasteiger partial charge is 0.258 e. The number of nitrogens with one attached hydrogen (secondary N) is 2. The minimum atomic E-state index is -0.233. The van der Waals surface area contributed by atoms with Gasteiger partial charge in [0.25, 0.3) is 5.91 Å². The Morgan fingerprint density at radius 2 is 1.80 bits per heavy atom. The number of rotatable bonds is 4. The van der Waals surface area contributed by atoms with Gasteiger partial charge >= 0.3 is 0 Å². The maximum atomic E-state index is 13.1. The average Bonchev–Trinajstić information content (AvgIpc) is 3.34. The van der Waals surface area contributed by atoms with E-state index >= 15 is 0 Å². The fourth-order valence-electron chi connectivity index (χ4n) is 5.05. The van der Waals surface area contributed by atoms with Crippen LogP contribution in [0.15, 0.2) is 60.8 Å². The lowest BCUT2D eigenvalue weighted by Gasteiger charge is -2.22. The van der Waals surface area contributed by atoms with Gasteiger partial charge in [-0.2, -0.15) is 0 Å². The van der Waals surface area contributed by atoms with Crippen molar-refractivity contribution in [3.8, 4) is 17.2 Å². The van der Waals surface area contributed by atoms with Gasteiger partial charge in [-0.3, -0.25) is 14.5 Å². The number of pyridine rings is 1. The third-order valence-corrected chi connectivity index (χ3v) is 7.29. The van der Waals surface area contributed by atoms with Crippen molar-refractivity contribution in [1.82, 2.24) is 20.5 Å². The van der Waals surface area contributed by atoms with Crippen LogP contribution in [0.5, 0.6) is 17.2 Å². The molecule has 0 radical (unpaired) electrons. The van der Waals surface area contributed by atoms with Crippen molar-refractivity contribution in [2.45, 2.75) is 38.1 Å². The fourth-order valence-corrected chi connectivity index (χ4v) is 5.05. The Bertz CT molecular complexity index is 1350. The molecule has 0 unspecified atom stereocenters. The third kappa shape index (κ3) is 7.46. The van der Waals surface area contributed by atoms with Crippen molar-refractivity contribution in [2.24, 2.45) is 0 Å². The first-order valence-electron chi connectivity index (χ1n) is 13.8. The largest absolute Gasteiger partial charge is 0.493 e. The van der Waals surface area contributed by atoms with Crippen LogP contribution in [0.2, 0.25) is 0 Å². The Labute approximate surface area is 240 Å². The Hall–Kier alpha value is -4.31. The second-order valence-corrected chi connectivity index (χ2v) is 10.6. The number of benzene rings is 2. The zero-order chi connectivity index (χ0) is 28.8. The first-order chi connectivity index (χ1) is 19.9. The average molecular weight is 560 g/mol. The van der Waals surface area contributed by atoms with Gasteiger partial charge in [-0.05, 0) is 53.4 Å². The first-order valence-corrected chi connectivity index (χ1v) is 13.8. The predicted molar refractivity (Wildman–Crippen MR) is 155 cm³/mol. The summed E-state index contributed by atoms with van der Waals surface area (Å²) in [5, 5.41) is 6.11. The number of anilines is 1. The van der Waals surface area contributed by atoms with Crippen molar-refractivity contribution in [2.75, 3.05) is 45.8 Å². The first kappa shape index (κ1) is 28.2. The van der Waals surface area contributed by atoms with Crippen molar-refractivity contribution in [3.63, 3.8) is 0 Å². The third-order valence-electron chi connectivity index (χ3n) is 7.29. The van der Waals surface area contributed by atoms with Gasteiger partial charge in [-0.1, -0.05) is 24.3 Å². The number of nitrogens with zero attached hydrogens (tertiary/aromatic N) is 3. The normalized spacial score (nSPS) is 19.9. The number of hydrogen-bond donors (Lipinski definition) is 2. The van der Waals surface area contributed by atoms with Crippen LogP contribution in [0.3, 0.4) is 0 Å². The minimum Gasteiger partial charge on any atom is -0.493 e. The van der Waals surface area contributed by atoms with E-state index < -0.39 is 0 Å². The highest BCUT2D eigenvalue weighted by Crippen LogP contribution is 2.29. The van der Waals surface area contributed by atoms with Crippen LogP contribution in [0, 0.1) is 0 Å². The van der Waals surface area contributed by atoms with Crippen molar-refractivity contribution >= 4 is 17.6 Å². The van der Waals surface area contributed by atoms with Gasteiger partial charge < -0.3 is 29.7 Å². The number of amides is 2. The molecule has 1 aromatic heterocycles. The van der Waals surface area contributed by atoms with Crippen LogP contribution in [0.1, 0.15) is 23.1 Å². The van der Waals surface area contributed by atoms with E-state index in [9.17, 15) is 9.59 Å². The van der Waals surface area contributed by atoms with Gasteiger partial charge in [0.2, 0.25) is 5.91 Å². The number of carbonyl (C=O) groups is 2. The molecule has 3 aromatic rings. The summed E-state index contributed by atoms with van der Waals surface area (Å²) in [6, 6.07) is 17.1. The molecule has 1 saturated heterocycles. The standard InChI is InChI=1S/C31H37N5O5/c1-35(2)29-12-7-23(16-32-29)17-36-18-25-28(19-36)41-24-9-4-22(5-10-24)15-33-31(38)20-40-26-11-6-21(14-27(26)39-3)8-13-30(37)34-25/h4-7,9-12,14,16,25,28H,8,13,15,17-20H2,1-3H3,(H,33,38)(H,34,37)/t25-,28-/m0/s1. The molecule has 216 valence electrons. The molecule has 0 saturated carbocycles. The minimum absolute atomic E-state index is 0.0387. The molecule has 4 bridgehead atoms. The number of carbonyl (C=O) groups excluding carboxylic acids is 2. The summed E-state index contributed by atoms with van der Waals surface area (Å²) in [5.74, 6) is 2.35. The van der Waals surface area contributed by atoms with E-state index in [0.717, 1.165) is 22.5 Å².